The molecule has 1 aliphatic heterocycles. The molecule has 1 unspecified atom stereocenters. The van der Waals surface area contributed by atoms with Crippen molar-refractivity contribution in [3.05, 3.63) is 42.0 Å². The van der Waals surface area contributed by atoms with Crippen molar-refractivity contribution in [1.82, 2.24) is 10.3 Å². The Labute approximate surface area is 96.3 Å². The van der Waals surface area contributed by atoms with Crippen molar-refractivity contribution in [2.45, 2.75) is 5.85 Å². The summed E-state index contributed by atoms with van der Waals surface area (Å²) in [4.78, 5) is 18.6. The standard InChI is InChI=1S/C10H10N4O3/c11-9(16)8-6(15)5-13-10(17,14-8)7-3-1-2-4-12-7/h1-5,13,15,17H,(H2,11,16). The van der Waals surface area contributed by atoms with E-state index in [9.17, 15) is 15.0 Å². The van der Waals surface area contributed by atoms with Crippen LogP contribution in [0.15, 0.2) is 41.3 Å². The molecule has 1 aromatic rings. The third kappa shape index (κ3) is 1.95. The largest absolute Gasteiger partial charge is 0.504 e. The first-order valence-corrected chi connectivity index (χ1v) is 4.74. The first-order chi connectivity index (χ1) is 8.03. The monoisotopic (exact) mass is 234 g/mol. The number of rotatable bonds is 2. The van der Waals surface area contributed by atoms with E-state index in [4.69, 9.17) is 5.73 Å². The van der Waals surface area contributed by atoms with Crippen molar-refractivity contribution in [2.24, 2.45) is 10.7 Å². The zero-order valence-corrected chi connectivity index (χ0v) is 8.66. The van der Waals surface area contributed by atoms with E-state index in [-0.39, 0.29) is 5.69 Å². The van der Waals surface area contributed by atoms with Crippen LogP contribution in [0.1, 0.15) is 5.69 Å². The maximum absolute atomic E-state index is 11.0. The molecule has 0 spiro atoms. The van der Waals surface area contributed by atoms with Crippen molar-refractivity contribution in [3.8, 4) is 0 Å². The Hall–Kier alpha value is -2.41. The molecule has 88 valence electrons. The normalized spacial score (nSPS) is 23.4. The van der Waals surface area contributed by atoms with Crippen molar-refractivity contribution < 1.29 is 15.0 Å². The van der Waals surface area contributed by atoms with Gasteiger partial charge in [-0.15, -0.1) is 0 Å². The molecule has 0 saturated carbocycles. The van der Waals surface area contributed by atoms with Gasteiger partial charge in [-0.05, 0) is 12.1 Å². The third-order valence-corrected chi connectivity index (χ3v) is 2.18. The summed E-state index contributed by atoms with van der Waals surface area (Å²) < 4.78 is 0. The average Bonchev–Trinajstić information content (AvgIpc) is 2.33. The summed E-state index contributed by atoms with van der Waals surface area (Å²) >= 11 is 0. The number of hydrogen-bond acceptors (Lipinski definition) is 6. The van der Waals surface area contributed by atoms with Gasteiger partial charge >= 0.3 is 0 Å². The number of carbonyl (C=O) groups excluding carboxylic acids is 1. The molecule has 1 aliphatic rings. The molecule has 0 radical (unpaired) electrons. The van der Waals surface area contributed by atoms with Gasteiger partial charge in [0, 0.05) is 12.4 Å². The van der Waals surface area contributed by atoms with E-state index >= 15 is 0 Å². The number of hydrogen-bond donors (Lipinski definition) is 4. The number of primary amides is 1. The molecule has 2 heterocycles. The molecular formula is C10H10N4O3. The average molecular weight is 234 g/mol. The first-order valence-electron chi connectivity index (χ1n) is 4.74. The second-order valence-electron chi connectivity index (χ2n) is 3.39. The van der Waals surface area contributed by atoms with E-state index in [1.54, 1.807) is 12.1 Å². The van der Waals surface area contributed by atoms with Gasteiger partial charge in [0.1, 0.15) is 5.69 Å². The smallest absolute Gasteiger partial charge is 0.280 e. The lowest BCUT2D eigenvalue weighted by Crippen LogP contribution is -2.44. The molecule has 17 heavy (non-hydrogen) atoms. The van der Waals surface area contributed by atoms with Crippen molar-refractivity contribution >= 4 is 11.6 Å². The predicted molar refractivity (Wildman–Crippen MR) is 58.6 cm³/mol. The second kappa shape index (κ2) is 3.87. The van der Waals surface area contributed by atoms with Gasteiger partial charge in [-0.25, -0.2) is 4.99 Å². The molecule has 0 saturated heterocycles. The zero-order valence-electron chi connectivity index (χ0n) is 8.66. The molecule has 1 atom stereocenters. The number of aliphatic imine (C=N–C) groups is 1. The number of amides is 1. The summed E-state index contributed by atoms with van der Waals surface area (Å²) in [5.74, 6) is -3.27. The van der Waals surface area contributed by atoms with Gasteiger partial charge in [0.15, 0.2) is 11.5 Å². The van der Waals surface area contributed by atoms with E-state index < -0.39 is 23.2 Å². The second-order valence-corrected chi connectivity index (χ2v) is 3.39. The maximum Gasteiger partial charge on any atom is 0.280 e. The fraction of sp³-hybridized carbons (Fsp3) is 0.100. The minimum atomic E-state index is -1.90. The van der Waals surface area contributed by atoms with Crippen LogP contribution >= 0.6 is 0 Å². The molecule has 2 rings (SSSR count). The highest BCUT2D eigenvalue weighted by molar-refractivity contribution is 6.44. The fourth-order valence-corrected chi connectivity index (χ4v) is 1.37. The summed E-state index contributed by atoms with van der Waals surface area (Å²) in [6.07, 6.45) is 2.51. The lowest BCUT2D eigenvalue weighted by atomic mass is 10.2. The minimum Gasteiger partial charge on any atom is -0.504 e. The molecule has 7 nitrogen and oxygen atoms in total. The lowest BCUT2D eigenvalue weighted by molar-refractivity contribution is -0.112. The number of aliphatic hydroxyl groups excluding tert-OH is 1. The van der Waals surface area contributed by atoms with Gasteiger partial charge in [0.05, 0.1) is 0 Å². The number of nitrogens with one attached hydrogen (secondary N) is 1. The van der Waals surface area contributed by atoms with Crippen LogP contribution in [0, 0.1) is 0 Å². The molecule has 0 bridgehead atoms. The highest BCUT2D eigenvalue weighted by Crippen LogP contribution is 2.21. The van der Waals surface area contributed by atoms with Crippen LogP contribution in [0.25, 0.3) is 0 Å². The van der Waals surface area contributed by atoms with Gasteiger partial charge in [-0.1, -0.05) is 6.07 Å². The van der Waals surface area contributed by atoms with E-state index in [0.29, 0.717) is 0 Å². The van der Waals surface area contributed by atoms with E-state index in [1.807, 2.05) is 0 Å². The molecular weight excluding hydrogens is 224 g/mol. The molecule has 1 amide bonds. The number of aromatic nitrogens is 1. The third-order valence-electron chi connectivity index (χ3n) is 2.18. The van der Waals surface area contributed by atoms with E-state index in [0.717, 1.165) is 6.20 Å². The predicted octanol–water partition coefficient (Wildman–Crippen LogP) is -0.887. The first kappa shape index (κ1) is 11.1. The zero-order chi connectivity index (χ0) is 12.5. The van der Waals surface area contributed by atoms with Gasteiger partial charge in [-0.2, -0.15) is 0 Å². The molecule has 1 aromatic heterocycles. The Balaban J connectivity index is 2.45. The molecule has 7 heteroatoms. The van der Waals surface area contributed by atoms with Crippen LogP contribution in [0.5, 0.6) is 0 Å². The Morgan fingerprint density at radius 2 is 2.24 bits per heavy atom. The van der Waals surface area contributed by atoms with Crippen molar-refractivity contribution in [2.75, 3.05) is 0 Å². The summed E-state index contributed by atoms with van der Waals surface area (Å²) in [5.41, 5.74) is 4.80. The van der Waals surface area contributed by atoms with Crippen LogP contribution in [0.3, 0.4) is 0 Å². The van der Waals surface area contributed by atoms with Crippen molar-refractivity contribution in [1.29, 1.82) is 0 Å². The Kier molecular flexibility index (Phi) is 2.52. The topological polar surface area (TPSA) is 121 Å². The summed E-state index contributed by atoms with van der Waals surface area (Å²) in [6.45, 7) is 0. The maximum atomic E-state index is 11.0. The van der Waals surface area contributed by atoms with E-state index in [2.05, 4.69) is 15.3 Å². The van der Waals surface area contributed by atoms with Crippen LogP contribution in [0.2, 0.25) is 0 Å². The van der Waals surface area contributed by atoms with Crippen LogP contribution < -0.4 is 11.1 Å². The number of pyridine rings is 1. The molecule has 0 aromatic carbocycles. The quantitative estimate of drug-likeness (QED) is 0.529. The van der Waals surface area contributed by atoms with E-state index in [1.165, 1.54) is 12.3 Å². The van der Waals surface area contributed by atoms with Crippen molar-refractivity contribution in [3.63, 3.8) is 0 Å². The SMILES string of the molecule is NC(=O)C1=NC(O)(c2ccccn2)NC=C1O. The molecule has 0 fully saturated rings. The molecule has 5 N–H and O–H groups in total. The number of aliphatic hydroxyl groups is 2. The van der Waals surface area contributed by atoms with Crippen LogP contribution in [-0.4, -0.2) is 26.8 Å². The highest BCUT2D eigenvalue weighted by Gasteiger charge is 2.34. The minimum absolute atomic E-state index is 0.183. The Bertz CT molecular complexity index is 512. The lowest BCUT2D eigenvalue weighted by Gasteiger charge is -2.27. The number of nitrogens with zero attached hydrogens (tertiary/aromatic N) is 2. The Morgan fingerprint density at radius 1 is 1.47 bits per heavy atom. The fourth-order valence-electron chi connectivity index (χ4n) is 1.37. The summed E-state index contributed by atoms with van der Waals surface area (Å²) in [6, 6.07) is 4.84. The van der Waals surface area contributed by atoms with Gasteiger partial charge in [0.2, 0.25) is 0 Å². The Morgan fingerprint density at radius 3 is 2.82 bits per heavy atom. The van der Waals surface area contributed by atoms with Crippen LogP contribution in [0.4, 0.5) is 0 Å². The van der Waals surface area contributed by atoms with Gasteiger partial charge in [0.25, 0.3) is 11.8 Å². The number of carbonyl (C=O) groups is 1. The summed E-state index contributed by atoms with van der Waals surface area (Å²) in [5, 5.41) is 21.9. The van der Waals surface area contributed by atoms with Crippen LogP contribution in [-0.2, 0) is 10.6 Å². The number of nitrogens with two attached hydrogens (primary N) is 1. The summed E-state index contributed by atoms with van der Waals surface area (Å²) in [7, 11) is 0. The highest BCUT2D eigenvalue weighted by atomic mass is 16.3. The molecule has 0 aliphatic carbocycles. The van der Waals surface area contributed by atoms with Gasteiger partial charge < -0.3 is 21.3 Å². The van der Waals surface area contributed by atoms with Gasteiger partial charge in [-0.3, -0.25) is 9.78 Å².